The van der Waals surface area contributed by atoms with Gasteiger partial charge >= 0.3 is 0 Å². The quantitative estimate of drug-likeness (QED) is 0.569. The molecule has 1 aromatic rings. The Morgan fingerprint density at radius 3 is 2.62 bits per heavy atom. The van der Waals surface area contributed by atoms with Crippen LogP contribution in [0.3, 0.4) is 0 Å². The van der Waals surface area contributed by atoms with E-state index in [1.807, 2.05) is 0 Å². The van der Waals surface area contributed by atoms with Gasteiger partial charge in [0, 0.05) is 0 Å². The number of hydrogen-bond acceptors (Lipinski definition) is 0. The van der Waals surface area contributed by atoms with Crippen molar-refractivity contribution < 1.29 is 0 Å². The minimum atomic E-state index is 0.827. The van der Waals surface area contributed by atoms with Crippen LogP contribution in [0.4, 0.5) is 0 Å². The molecule has 0 saturated heterocycles. The Labute approximate surface area is 97.4 Å². The highest BCUT2D eigenvalue weighted by molar-refractivity contribution is 5.42. The fourth-order valence-electron chi connectivity index (χ4n) is 4.71. The summed E-state index contributed by atoms with van der Waals surface area (Å²) in [6.07, 6.45) is 5.55. The molecule has 3 aliphatic carbocycles. The minimum Gasteiger partial charge on any atom is -0.0992 e. The van der Waals surface area contributed by atoms with E-state index in [4.69, 9.17) is 0 Å². The summed E-state index contributed by atoms with van der Waals surface area (Å²) in [7, 11) is 0. The predicted octanol–water partition coefficient (Wildman–Crippen LogP) is 3.93. The summed E-state index contributed by atoms with van der Waals surface area (Å²) in [6, 6.07) is 9.08. The van der Waals surface area contributed by atoms with E-state index in [1.54, 1.807) is 11.1 Å². The predicted molar refractivity (Wildman–Crippen MR) is 66.3 cm³/mol. The van der Waals surface area contributed by atoms with Gasteiger partial charge in [0.2, 0.25) is 0 Å². The number of rotatable bonds is 0. The summed E-state index contributed by atoms with van der Waals surface area (Å²) in [5.74, 6) is 3.59. The van der Waals surface area contributed by atoms with Gasteiger partial charge in [-0.05, 0) is 60.5 Å². The first kappa shape index (κ1) is 9.04. The summed E-state index contributed by atoms with van der Waals surface area (Å²) in [4.78, 5) is 0. The van der Waals surface area contributed by atoms with Crippen LogP contribution in [-0.2, 0) is 6.42 Å². The van der Waals surface area contributed by atoms with E-state index in [2.05, 4.69) is 30.8 Å². The zero-order valence-corrected chi connectivity index (χ0v) is 9.65. The second-order valence-electron chi connectivity index (χ2n) is 5.92. The van der Waals surface area contributed by atoms with E-state index in [0.29, 0.717) is 0 Å². The maximum absolute atomic E-state index is 4.37. The minimum absolute atomic E-state index is 0.827. The second-order valence-corrected chi connectivity index (χ2v) is 5.92. The highest BCUT2D eigenvalue weighted by Gasteiger charge is 2.50. The Hall–Kier alpha value is -1.04. The maximum atomic E-state index is 4.37. The number of allylic oxidation sites excluding steroid dienone is 1. The van der Waals surface area contributed by atoms with Gasteiger partial charge in [0.1, 0.15) is 0 Å². The molecule has 0 nitrogen and oxygen atoms in total. The summed E-state index contributed by atoms with van der Waals surface area (Å²) in [6.45, 7) is 4.37. The molecule has 2 fully saturated rings. The first-order valence-corrected chi connectivity index (χ1v) is 6.60. The standard InChI is InChI=1S/C16H18/c1-10-8-11-4-2-3-5-14(11)16-13-7-6-12(9-13)15(10)16/h2-5,12-13,15-16H,1,6-9H2/t12?,13?,15-,16-/m0/s1. The van der Waals surface area contributed by atoms with Crippen molar-refractivity contribution in [2.75, 3.05) is 0 Å². The molecule has 0 aliphatic heterocycles. The van der Waals surface area contributed by atoms with Crippen LogP contribution >= 0.6 is 0 Å². The molecule has 2 saturated carbocycles. The molecule has 4 atom stereocenters. The molecule has 3 aliphatic rings. The molecule has 1 aromatic carbocycles. The van der Waals surface area contributed by atoms with Gasteiger partial charge in [-0.25, -0.2) is 0 Å². The van der Waals surface area contributed by atoms with Crippen LogP contribution in [0.15, 0.2) is 36.4 Å². The van der Waals surface area contributed by atoms with Gasteiger partial charge in [-0.1, -0.05) is 36.4 Å². The number of fused-ring (bicyclic) bond motifs is 7. The largest absolute Gasteiger partial charge is 0.0992 e. The van der Waals surface area contributed by atoms with Crippen molar-refractivity contribution in [2.45, 2.75) is 31.6 Å². The van der Waals surface area contributed by atoms with Crippen molar-refractivity contribution in [2.24, 2.45) is 17.8 Å². The van der Waals surface area contributed by atoms with Crippen molar-refractivity contribution >= 4 is 0 Å². The lowest BCUT2D eigenvalue weighted by molar-refractivity contribution is 0.314. The van der Waals surface area contributed by atoms with E-state index >= 15 is 0 Å². The van der Waals surface area contributed by atoms with Gasteiger partial charge in [-0.2, -0.15) is 0 Å². The molecule has 0 N–H and O–H groups in total. The van der Waals surface area contributed by atoms with Gasteiger partial charge in [0.05, 0.1) is 0 Å². The molecule has 82 valence electrons. The lowest BCUT2D eigenvalue weighted by Gasteiger charge is -2.38. The third-order valence-electron chi connectivity index (χ3n) is 5.22. The summed E-state index contributed by atoms with van der Waals surface area (Å²) < 4.78 is 0. The zero-order chi connectivity index (χ0) is 10.7. The summed E-state index contributed by atoms with van der Waals surface area (Å²) in [5, 5.41) is 0. The molecule has 0 radical (unpaired) electrons. The van der Waals surface area contributed by atoms with E-state index < -0.39 is 0 Å². The average Bonchev–Trinajstić information content (AvgIpc) is 2.90. The SMILES string of the molecule is C=C1Cc2ccccc2[C@@H]2C3CCC(C3)[C@H]12. The Bertz CT molecular complexity index is 457. The zero-order valence-electron chi connectivity index (χ0n) is 9.65. The van der Waals surface area contributed by atoms with Gasteiger partial charge in [0.25, 0.3) is 0 Å². The van der Waals surface area contributed by atoms with Gasteiger partial charge < -0.3 is 0 Å². The highest BCUT2D eigenvalue weighted by Crippen LogP contribution is 2.61. The molecule has 0 aromatic heterocycles. The lowest BCUT2D eigenvalue weighted by atomic mass is 9.66. The molecule has 0 heterocycles. The normalized spacial score (nSPS) is 39.6. The highest BCUT2D eigenvalue weighted by atomic mass is 14.5. The molecule has 0 amide bonds. The molecular formula is C16H18. The van der Waals surface area contributed by atoms with Crippen molar-refractivity contribution in [1.29, 1.82) is 0 Å². The van der Waals surface area contributed by atoms with E-state index in [0.717, 1.165) is 30.1 Å². The topological polar surface area (TPSA) is 0 Å². The number of benzene rings is 1. The van der Waals surface area contributed by atoms with Crippen LogP contribution in [0, 0.1) is 17.8 Å². The monoisotopic (exact) mass is 210 g/mol. The van der Waals surface area contributed by atoms with Crippen LogP contribution < -0.4 is 0 Å². The fraction of sp³-hybridized carbons (Fsp3) is 0.500. The first-order chi connectivity index (χ1) is 7.84. The molecule has 0 heteroatoms. The molecule has 4 rings (SSSR count). The van der Waals surface area contributed by atoms with E-state index in [9.17, 15) is 0 Å². The van der Waals surface area contributed by atoms with Crippen LogP contribution in [0.1, 0.15) is 36.3 Å². The molecular weight excluding hydrogens is 192 g/mol. The smallest absolute Gasteiger partial charge is 0.00624 e. The summed E-state index contributed by atoms with van der Waals surface area (Å²) in [5.41, 5.74) is 4.74. The van der Waals surface area contributed by atoms with Gasteiger partial charge in [0.15, 0.2) is 0 Å². The van der Waals surface area contributed by atoms with Crippen LogP contribution in [0.2, 0.25) is 0 Å². The fourth-order valence-corrected chi connectivity index (χ4v) is 4.71. The van der Waals surface area contributed by atoms with Crippen LogP contribution in [0.25, 0.3) is 0 Å². The molecule has 2 bridgehead atoms. The summed E-state index contributed by atoms with van der Waals surface area (Å²) >= 11 is 0. The Morgan fingerprint density at radius 1 is 1.00 bits per heavy atom. The van der Waals surface area contributed by atoms with E-state index in [1.165, 1.54) is 24.8 Å². The number of hydrogen-bond donors (Lipinski definition) is 0. The van der Waals surface area contributed by atoms with E-state index in [-0.39, 0.29) is 0 Å². The second kappa shape index (κ2) is 3.00. The van der Waals surface area contributed by atoms with Crippen molar-refractivity contribution in [3.63, 3.8) is 0 Å². The van der Waals surface area contributed by atoms with Crippen LogP contribution in [-0.4, -0.2) is 0 Å². The lowest BCUT2D eigenvalue weighted by Crippen LogP contribution is -2.27. The van der Waals surface area contributed by atoms with Gasteiger partial charge in [-0.15, -0.1) is 0 Å². The Kier molecular flexibility index (Phi) is 1.69. The third-order valence-corrected chi connectivity index (χ3v) is 5.22. The Morgan fingerprint density at radius 2 is 1.75 bits per heavy atom. The van der Waals surface area contributed by atoms with Crippen molar-refractivity contribution in [3.05, 3.63) is 47.5 Å². The Balaban J connectivity index is 1.88. The third kappa shape index (κ3) is 1.00. The van der Waals surface area contributed by atoms with Crippen molar-refractivity contribution in [3.8, 4) is 0 Å². The first-order valence-electron chi connectivity index (χ1n) is 6.60. The van der Waals surface area contributed by atoms with Crippen LogP contribution in [0.5, 0.6) is 0 Å². The van der Waals surface area contributed by atoms with Gasteiger partial charge in [-0.3, -0.25) is 0 Å². The molecule has 2 unspecified atom stereocenters. The molecule has 0 spiro atoms. The maximum Gasteiger partial charge on any atom is -0.00624 e. The molecule has 16 heavy (non-hydrogen) atoms. The average molecular weight is 210 g/mol. The van der Waals surface area contributed by atoms with Crippen molar-refractivity contribution in [1.82, 2.24) is 0 Å².